The van der Waals surface area contributed by atoms with Gasteiger partial charge in [0.2, 0.25) is 0 Å². The van der Waals surface area contributed by atoms with Crippen molar-refractivity contribution in [2.24, 2.45) is 0 Å². The van der Waals surface area contributed by atoms with Gasteiger partial charge in [-0.25, -0.2) is 9.59 Å². The number of para-hydroxylation sites is 1. The van der Waals surface area contributed by atoms with Gasteiger partial charge in [0.05, 0.1) is 6.10 Å². The van der Waals surface area contributed by atoms with E-state index in [-0.39, 0.29) is 11.3 Å². The first-order chi connectivity index (χ1) is 11.6. The van der Waals surface area contributed by atoms with E-state index in [2.05, 4.69) is 0 Å². The molecule has 2 rings (SSSR count). The quantitative estimate of drug-likeness (QED) is 0.234. The molecular formula is C16H18O9. The Morgan fingerprint density at radius 2 is 1.88 bits per heavy atom. The number of hydrogen-bond donors (Lipinski definition) is 6. The molecule has 1 saturated carbocycles. The molecule has 1 aromatic rings. The summed E-state index contributed by atoms with van der Waals surface area (Å²) in [6.07, 6.45) is -3.70. The zero-order valence-electron chi connectivity index (χ0n) is 12.9. The second-order valence-corrected chi connectivity index (χ2v) is 5.83. The Hall–Kier alpha value is -2.62. The van der Waals surface area contributed by atoms with Crippen LogP contribution in [-0.2, 0) is 14.3 Å². The molecule has 0 radical (unpaired) electrons. The first kappa shape index (κ1) is 18.7. The van der Waals surface area contributed by atoms with Gasteiger partial charge in [0.1, 0.15) is 12.2 Å². The molecule has 25 heavy (non-hydrogen) atoms. The van der Waals surface area contributed by atoms with Crippen LogP contribution in [0.25, 0.3) is 6.08 Å². The van der Waals surface area contributed by atoms with E-state index < -0.39 is 54.4 Å². The first-order valence-electron chi connectivity index (χ1n) is 7.35. The van der Waals surface area contributed by atoms with Crippen LogP contribution in [0.5, 0.6) is 11.5 Å². The van der Waals surface area contributed by atoms with E-state index in [0.29, 0.717) is 0 Å². The molecule has 4 atom stereocenters. The summed E-state index contributed by atoms with van der Waals surface area (Å²) >= 11 is 0. The summed E-state index contributed by atoms with van der Waals surface area (Å²) in [7, 11) is 0. The van der Waals surface area contributed by atoms with Crippen LogP contribution in [0.3, 0.4) is 0 Å². The van der Waals surface area contributed by atoms with Gasteiger partial charge in [0, 0.05) is 24.5 Å². The lowest BCUT2D eigenvalue weighted by Gasteiger charge is -2.39. The van der Waals surface area contributed by atoms with Gasteiger partial charge in [-0.3, -0.25) is 0 Å². The number of carbonyl (C=O) groups excluding carboxylic acids is 1. The molecule has 0 aromatic heterocycles. The Kier molecular flexibility index (Phi) is 5.31. The van der Waals surface area contributed by atoms with Gasteiger partial charge >= 0.3 is 11.9 Å². The van der Waals surface area contributed by atoms with Crippen molar-refractivity contribution in [3.63, 3.8) is 0 Å². The summed E-state index contributed by atoms with van der Waals surface area (Å²) in [4.78, 5) is 22.9. The van der Waals surface area contributed by atoms with Crippen LogP contribution in [0.1, 0.15) is 18.4 Å². The van der Waals surface area contributed by atoms with Crippen LogP contribution in [0.4, 0.5) is 0 Å². The normalized spacial score (nSPS) is 29.5. The summed E-state index contributed by atoms with van der Waals surface area (Å²) in [6.45, 7) is 0. The second kappa shape index (κ2) is 7.09. The molecule has 136 valence electrons. The Balaban J connectivity index is 2.09. The Labute approximate surface area is 142 Å². The zero-order valence-corrected chi connectivity index (χ0v) is 12.9. The summed E-state index contributed by atoms with van der Waals surface area (Å²) in [5.74, 6) is -3.42. The summed E-state index contributed by atoms with van der Waals surface area (Å²) in [6, 6.07) is 4.10. The van der Waals surface area contributed by atoms with Crippen molar-refractivity contribution in [2.75, 3.05) is 0 Å². The second-order valence-electron chi connectivity index (χ2n) is 5.83. The van der Waals surface area contributed by atoms with Crippen molar-refractivity contribution >= 4 is 18.0 Å². The highest BCUT2D eigenvalue weighted by atomic mass is 16.6. The van der Waals surface area contributed by atoms with Gasteiger partial charge < -0.3 is 35.4 Å². The van der Waals surface area contributed by atoms with Gasteiger partial charge in [-0.05, 0) is 12.1 Å². The molecule has 9 heteroatoms. The van der Waals surface area contributed by atoms with Crippen molar-refractivity contribution in [3.8, 4) is 11.5 Å². The van der Waals surface area contributed by atoms with E-state index in [4.69, 9.17) is 9.84 Å². The topological polar surface area (TPSA) is 165 Å². The minimum absolute atomic E-state index is 0.128. The third-order valence-corrected chi connectivity index (χ3v) is 3.97. The van der Waals surface area contributed by atoms with Crippen LogP contribution >= 0.6 is 0 Å². The Morgan fingerprint density at radius 3 is 2.52 bits per heavy atom. The molecule has 1 fully saturated rings. The summed E-state index contributed by atoms with van der Waals surface area (Å²) in [5.41, 5.74) is -2.19. The molecule has 9 nitrogen and oxygen atoms in total. The maximum atomic E-state index is 11.8. The molecule has 0 bridgehead atoms. The molecule has 0 unspecified atom stereocenters. The molecule has 0 amide bonds. The first-order valence-corrected chi connectivity index (χ1v) is 7.35. The Morgan fingerprint density at radius 1 is 1.20 bits per heavy atom. The van der Waals surface area contributed by atoms with Crippen LogP contribution < -0.4 is 0 Å². The van der Waals surface area contributed by atoms with Gasteiger partial charge in [-0.15, -0.1) is 0 Å². The van der Waals surface area contributed by atoms with Gasteiger partial charge in [-0.2, -0.15) is 0 Å². The predicted octanol–water partition coefficient (Wildman–Crippen LogP) is -0.646. The SMILES string of the molecule is O=C(C=Cc1cccc(O)c1O)O[C@H]1C[C@@](O)(C(=O)O)C[C@@H](O)[C@@H]1O. The van der Waals surface area contributed by atoms with Gasteiger partial charge in [-0.1, -0.05) is 12.1 Å². The Bertz CT molecular complexity index is 699. The van der Waals surface area contributed by atoms with E-state index in [1.807, 2.05) is 0 Å². The van der Waals surface area contributed by atoms with Crippen molar-refractivity contribution < 1.29 is 45.0 Å². The van der Waals surface area contributed by atoms with Crippen LogP contribution in [0.15, 0.2) is 24.3 Å². The number of phenols is 2. The van der Waals surface area contributed by atoms with E-state index in [1.54, 1.807) is 0 Å². The highest BCUT2D eigenvalue weighted by molar-refractivity contribution is 5.88. The zero-order chi connectivity index (χ0) is 18.8. The summed E-state index contributed by atoms with van der Waals surface area (Å²) in [5, 5.41) is 57.5. The van der Waals surface area contributed by atoms with Crippen molar-refractivity contribution in [3.05, 3.63) is 29.8 Å². The fourth-order valence-corrected chi connectivity index (χ4v) is 2.57. The maximum absolute atomic E-state index is 11.8. The number of aliphatic carboxylic acids is 1. The number of rotatable bonds is 4. The molecule has 1 aliphatic carbocycles. The standard InChI is InChI=1S/C16H18O9/c17-9-3-1-2-8(13(9)20)4-5-12(19)25-11-7-16(24,15(22)23)6-10(18)14(11)21/h1-5,10-11,14,17-18,20-21,24H,6-7H2,(H,22,23)/t10-,11+,14+,16-/m1/s1. The third-order valence-electron chi connectivity index (χ3n) is 3.97. The third kappa shape index (κ3) is 4.08. The number of aromatic hydroxyl groups is 2. The molecule has 6 N–H and O–H groups in total. The molecule has 0 heterocycles. The largest absolute Gasteiger partial charge is 0.504 e. The number of carbonyl (C=O) groups is 2. The number of esters is 1. The number of ether oxygens (including phenoxy) is 1. The van der Waals surface area contributed by atoms with Crippen molar-refractivity contribution in [1.29, 1.82) is 0 Å². The minimum Gasteiger partial charge on any atom is -0.504 e. The van der Waals surface area contributed by atoms with Gasteiger partial charge in [0.15, 0.2) is 17.1 Å². The highest BCUT2D eigenvalue weighted by Crippen LogP contribution is 2.32. The lowest BCUT2D eigenvalue weighted by atomic mass is 9.79. The molecule has 1 aliphatic rings. The molecule has 0 spiro atoms. The lowest BCUT2D eigenvalue weighted by molar-refractivity contribution is -0.196. The molecular weight excluding hydrogens is 336 g/mol. The monoisotopic (exact) mass is 354 g/mol. The maximum Gasteiger partial charge on any atom is 0.335 e. The molecule has 1 aromatic carbocycles. The number of phenolic OH excluding ortho intramolecular Hbond substituents is 2. The molecule has 0 saturated heterocycles. The van der Waals surface area contributed by atoms with Crippen molar-refractivity contribution in [1.82, 2.24) is 0 Å². The highest BCUT2D eigenvalue weighted by Gasteiger charge is 2.50. The minimum atomic E-state index is -2.32. The number of hydrogen-bond acceptors (Lipinski definition) is 8. The van der Waals surface area contributed by atoms with Crippen LogP contribution in [-0.4, -0.2) is 66.5 Å². The summed E-state index contributed by atoms with van der Waals surface area (Å²) < 4.78 is 4.91. The average molecular weight is 354 g/mol. The number of carboxylic acids is 1. The fourth-order valence-electron chi connectivity index (χ4n) is 2.57. The van der Waals surface area contributed by atoms with Crippen LogP contribution in [0.2, 0.25) is 0 Å². The number of benzene rings is 1. The van der Waals surface area contributed by atoms with Crippen LogP contribution in [0, 0.1) is 0 Å². The van der Waals surface area contributed by atoms with E-state index >= 15 is 0 Å². The number of aliphatic hydroxyl groups excluding tert-OH is 2. The fraction of sp³-hybridized carbons (Fsp3) is 0.375. The molecule has 0 aliphatic heterocycles. The van der Waals surface area contributed by atoms with Crippen molar-refractivity contribution in [2.45, 2.75) is 36.8 Å². The number of carboxylic acid groups (broad SMARTS) is 1. The van der Waals surface area contributed by atoms with E-state index in [0.717, 1.165) is 12.2 Å². The van der Waals surface area contributed by atoms with E-state index in [1.165, 1.54) is 18.2 Å². The average Bonchev–Trinajstić information content (AvgIpc) is 2.53. The lowest BCUT2D eigenvalue weighted by Crippen LogP contribution is -2.57. The van der Waals surface area contributed by atoms with E-state index in [9.17, 15) is 35.1 Å². The number of aliphatic hydroxyl groups is 3. The van der Waals surface area contributed by atoms with Gasteiger partial charge in [0.25, 0.3) is 0 Å². The smallest absolute Gasteiger partial charge is 0.335 e. The predicted molar refractivity (Wildman–Crippen MR) is 82.5 cm³/mol.